The van der Waals surface area contributed by atoms with Crippen LogP contribution in [0.25, 0.3) is 0 Å². The molecule has 0 amide bonds. The zero-order valence-electron chi connectivity index (χ0n) is 6.05. The van der Waals surface area contributed by atoms with Crippen LogP contribution in [0.3, 0.4) is 0 Å². The van der Waals surface area contributed by atoms with Crippen LogP contribution in [0.4, 0.5) is 0 Å². The lowest BCUT2D eigenvalue weighted by Gasteiger charge is -2.16. The van der Waals surface area contributed by atoms with Crippen molar-refractivity contribution in [2.75, 3.05) is 0 Å². The van der Waals surface area contributed by atoms with Gasteiger partial charge in [0.1, 0.15) is 6.29 Å². The number of allylic oxidation sites excluding steroid dienone is 3. The Kier molecular flexibility index (Phi) is 2.43. The summed E-state index contributed by atoms with van der Waals surface area (Å²) in [4.78, 5) is 10.2. The van der Waals surface area contributed by atoms with Crippen LogP contribution in [-0.4, -0.2) is 6.29 Å². The Morgan fingerprint density at radius 3 is 3.20 bits per heavy atom. The van der Waals surface area contributed by atoms with Gasteiger partial charge >= 0.3 is 0 Å². The van der Waals surface area contributed by atoms with Crippen LogP contribution in [0.5, 0.6) is 0 Å². The highest BCUT2D eigenvalue weighted by atomic mass is 16.1. The van der Waals surface area contributed by atoms with E-state index in [0.717, 1.165) is 24.7 Å². The fourth-order valence-electron chi connectivity index (χ4n) is 1.24. The average Bonchev–Trinajstić information content (AvgIpc) is 1.94. The summed E-state index contributed by atoms with van der Waals surface area (Å²) in [5.74, 6) is 0.419. The fourth-order valence-corrected chi connectivity index (χ4v) is 1.24. The minimum Gasteiger partial charge on any atom is -0.303 e. The van der Waals surface area contributed by atoms with E-state index in [1.807, 2.05) is 6.08 Å². The summed E-state index contributed by atoms with van der Waals surface area (Å²) < 4.78 is 0. The molecule has 10 heavy (non-hydrogen) atoms. The van der Waals surface area contributed by atoms with Crippen LogP contribution < -0.4 is 0 Å². The zero-order chi connectivity index (χ0) is 7.40. The van der Waals surface area contributed by atoms with E-state index in [2.05, 4.69) is 12.7 Å². The average molecular weight is 136 g/mol. The van der Waals surface area contributed by atoms with Crippen molar-refractivity contribution in [3.05, 3.63) is 24.3 Å². The number of rotatable bonds is 2. The summed E-state index contributed by atoms with van der Waals surface area (Å²) in [6.45, 7) is 3.87. The SMILES string of the molecule is C=C1C=CCCC1CC=O. The first-order valence-electron chi connectivity index (χ1n) is 3.63. The minimum absolute atomic E-state index is 0.419. The summed E-state index contributed by atoms with van der Waals surface area (Å²) in [7, 11) is 0. The molecule has 0 aliphatic heterocycles. The van der Waals surface area contributed by atoms with Crippen molar-refractivity contribution in [3.63, 3.8) is 0 Å². The summed E-state index contributed by atoms with van der Waals surface area (Å²) in [6, 6.07) is 0. The van der Waals surface area contributed by atoms with Gasteiger partial charge in [-0.2, -0.15) is 0 Å². The third kappa shape index (κ3) is 1.56. The predicted molar refractivity (Wildman–Crippen MR) is 41.7 cm³/mol. The van der Waals surface area contributed by atoms with Gasteiger partial charge < -0.3 is 4.79 Å². The Labute approximate surface area is 61.4 Å². The number of carbonyl (C=O) groups is 1. The van der Waals surface area contributed by atoms with E-state index in [-0.39, 0.29) is 0 Å². The normalized spacial score (nSPS) is 24.8. The third-order valence-corrected chi connectivity index (χ3v) is 1.92. The van der Waals surface area contributed by atoms with Crippen molar-refractivity contribution in [3.8, 4) is 0 Å². The third-order valence-electron chi connectivity index (χ3n) is 1.92. The Bertz CT molecular complexity index is 168. The molecule has 0 radical (unpaired) electrons. The van der Waals surface area contributed by atoms with Gasteiger partial charge in [0.15, 0.2) is 0 Å². The smallest absolute Gasteiger partial charge is 0.120 e. The lowest BCUT2D eigenvalue weighted by atomic mass is 9.88. The summed E-state index contributed by atoms with van der Waals surface area (Å²) in [5.41, 5.74) is 1.11. The summed E-state index contributed by atoms with van der Waals surface area (Å²) in [6.07, 6.45) is 7.95. The molecule has 0 aromatic rings. The fraction of sp³-hybridized carbons (Fsp3) is 0.444. The van der Waals surface area contributed by atoms with Crippen LogP contribution in [0.1, 0.15) is 19.3 Å². The Balaban J connectivity index is 2.52. The van der Waals surface area contributed by atoms with E-state index in [4.69, 9.17) is 0 Å². The Hall–Kier alpha value is -0.850. The van der Waals surface area contributed by atoms with Crippen molar-refractivity contribution >= 4 is 6.29 Å². The second-order valence-corrected chi connectivity index (χ2v) is 2.65. The first kappa shape index (κ1) is 7.26. The molecule has 0 saturated heterocycles. The van der Waals surface area contributed by atoms with Gasteiger partial charge in [-0.1, -0.05) is 24.3 Å². The molecule has 0 spiro atoms. The largest absolute Gasteiger partial charge is 0.303 e. The molecule has 0 aromatic carbocycles. The molecular weight excluding hydrogens is 124 g/mol. The molecule has 0 saturated carbocycles. The molecule has 0 aromatic heterocycles. The van der Waals surface area contributed by atoms with Gasteiger partial charge in [-0.25, -0.2) is 0 Å². The van der Waals surface area contributed by atoms with E-state index in [0.29, 0.717) is 12.3 Å². The van der Waals surface area contributed by atoms with E-state index in [1.54, 1.807) is 0 Å². The van der Waals surface area contributed by atoms with E-state index in [9.17, 15) is 4.79 Å². The van der Waals surface area contributed by atoms with Gasteiger partial charge in [0, 0.05) is 6.42 Å². The lowest BCUT2D eigenvalue weighted by molar-refractivity contribution is -0.108. The van der Waals surface area contributed by atoms with Gasteiger partial charge in [-0.05, 0) is 18.8 Å². The molecule has 1 nitrogen and oxygen atoms in total. The van der Waals surface area contributed by atoms with Gasteiger partial charge in [0.25, 0.3) is 0 Å². The van der Waals surface area contributed by atoms with E-state index < -0.39 is 0 Å². The molecule has 54 valence electrons. The van der Waals surface area contributed by atoms with Crippen molar-refractivity contribution in [2.45, 2.75) is 19.3 Å². The highest BCUT2D eigenvalue weighted by Gasteiger charge is 2.11. The molecule has 0 N–H and O–H groups in total. The van der Waals surface area contributed by atoms with E-state index in [1.165, 1.54) is 0 Å². The summed E-state index contributed by atoms with van der Waals surface area (Å²) in [5, 5.41) is 0. The first-order chi connectivity index (χ1) is 4.84. The standard InChI is InChI=1S/C9H12O/c1-8-4-2-3-5-9(8)6-7-10/h2,4,7,9H,1,3,5-6H2. The maximum absolute atomic E-state index is 10.2. The molecule has 1 aliphatic rings. The second-order valence-electron chi connectivity index (χ2n) is 2.65. The predicted octanol–water partition coefficient (Wildman–Crippen LogP) is 2.10. The van der Waals surface area contributed by atoms with Crippen molar-refractivity contribution in [2.24, 2.45) is 5.92 Å². The molecule has 1 atom stereocenters. The topological polar surface area (TPSA) is 17.1 Å². The number of carbonyl (C=O) groups excluding carboxylic acids is 1. The van der Waals surface area contributed by atoms with Crippen molar-refractivity contribution in [1.82, 2.24) is 0 Å². The molecule has 0 heterocycles. The highest BCUT2D eigenvalue weighted by molar-refractivity contribution is 5.51. The van der Waals surface area contributed by atoms with Crippen molar-refractivity contribution < 1.29 is 4.79 Å². The first-order valence-corrected chi connectivity index (χ1v) is 3.63. The second kappa shape index (κ2) is 3.35. The quantitative estimate of drug-likeness (QED) is 0.531. The monoisotopic (exact) mass is 136 g/mol. The van der Waals surface area contributed by atoms with Crippen molar-refractivity contribution in [1.29, 1.82) is 0 Å². The molecule has 1 aliphatic carbocycles. The molecule has 0 bridgehead atoms. The maximum Gasteiger partial charge on any atom is 0.120 e. The lowest BCUT2D eigenvalue weighted by Crippen LogP contribution is -2.05. The zero-order valence-corrected chi connectivity index (χ0v) is 6.05. The number of hydrogen-bond donors (Lipinski definition) is 0. The van der Waals surface area contributed by atoms with Gasteiger partial charge in [-0.3, -0.25) is 0 Å². The van der Waals surface area contributed by atoms with Crippen LogP contribution in [0.2, 0.25) is 0 Å². The van der Waals surface area contributed by atoms with Crippen LogP contribution in [0, 0.1) is 5.92 Å². The molecule has 1 rings (SSSR count). The molecule has 0 fully saturated rings. The van der Waals surface area contributed by atoms with E-state index >= 15 is 0 Å². The van der Waals surface area contributed by atoms with Gasteiger partial charge in [0.05, 0.1) is 0 Å². The molecule has 1 unspecified atom stereocenters. The highest BCUT2D eigenvalue weighted by Crippen LogP contribution is 2.24. The minimum atomic E-state index is 0.419. The molecule has 1 heteroatoms. The Morgan fingerprint density at radius 1 is 1.80 bits per heavy atom. The van der Waals surface area contributed by atoms with Crippen LogP contribution in [-0.2, 0) is 4.79 Å². The van der Waals surface area contributed by atoms with Crippen LogP contribution >= 0.6 is 0 Å². The number of hydrogen-bond acceptors (Lipinski definition) is 1. The van der Waals surface area contributed by atoms with Gasteiger partial charge in [0.2, 0.25) is 0 Å². The Morgan fingerprint density at radius 2 is 2.60 bits per heavy atom. The number of aldehydes is 1. The maximum atomic E-state index is 10.2. The van der Waals surface area contributed by atoms with Crippen LogP contribution in [0.15, 0.2) is 24.3 Å². The molecular formula is C9H12O. The van der Waals surface area contributed by atoms with Gasteiger partial charge in [-0.15, -0.1) is 0 Å². The summed E-state index contributed by atoms with van der Waals surface area (Å²) >= 11 is 0.